The van der Waals surface area contributed by atoms with Crippen molar-refractivity contribution in [3.63, 3.8) is 0 Å². The van der Waals surface area contributed by atoms with Crippen LogP contribution in [-0.4, -0.2) is 18.2 Å². The first-order valence-corrected chi connectivity index (χ1v) is 8.55. The third kappa shape index (κ3) is 3.32. The van der Waals surface area contributed by atoms with Gasteiger partial charge in [-0.3, -0.25) is 4.90 Å². The molecule has 0 aromatic heterocycles. The molecule has 1 atom stereocenters. The monoisotopic (exact) mass is 370 g/mol. The first-order valence-electron chi connectivity index (χ1n) is 8.14. The Morgan fingerprint density at radius 3 is 2.50 bits per heavy atom. The van der Waals surface area contributed by atoms with E-state index in [4.69, 9.17) is 17.0 Å². The van der Waals surface area contributed by atoms with Crippen LogP contribution in [0, 0.1) is 12.7 Å². The van der Waals surface area contributed by atoms with Gasteiger partial charge in [0.15, 0.2) is 5.11 Å². The number of anilines is 1. The fraction of sp³-hybridized carbons (Fsp3) is 0.200. The number of carbonyl (C=O) groups excluding carboxylic acids is 1. The van der Waals surface area contributed by atoms with Crippen molar-refractivity contribution in [2.45, 2.75) is 19.9 Å². The van der Waals surface area contributed by atoms with Crippen LogP contribution >= 0.6 is 12.2 Å². The third-order valence-corrected chi connectivity index (χ3v) is 4.65. The minimum absolute atomic E-state index is 0.336. The van der Waals surface area contributed by atoms with Gasteiger partial charge >= 0.3 is 5.97 Å². The highest BCUT2D eigenvalue weighted by Crippen LogP contribution is 2.34. The second kappa shape index (κ2) is 7.25. The van der Waals surface area contributed by atoms with E-state index in [9.17, 15) is 9.18 Å². The highest BCUT2D eigenvalue weighted by molar-refractivity contribution is 7.80. The van der Waals surface area contributed by atoms with Crippen LogP contribution in [0.4, 0.5) is 10.1 Å². The number of allylic oxidation sites excluding steroid dienone is 1. The van der Waals surface area contributed by atoms with E-state index in [1.807, 2.05) is 38.1 Å². The Balaban J connectivity index is 2.13. The number of hydrogen-bond acceptors (Lipinski definition) is 3. The number of esters is 1. The average Bonchev–Trinajstić information content (AvgIpc) is 2.62. The summed E-state index contributed by atoms with van der Waals surface area (Å²) in [7, 11) is 1.35. The van der Waals surface area contributed by atoms with E-state index in [0.717, 1.165) is 11.1 Å². The average molecular weight is 370 g/mol. The standard InChI is InChI=1S/C20H19FN2O2S/c1-12-5-4-6-14(11-12)18-17(19(24)25-3)13(2)23(20(26)22-18)16-9-7-15(21)8-10-16/h4-11,18H,1-3H3,(H,22,26)/t18-/m0/s1. The Labute approximate surface area is 157 Å². The number of halogens is 1. The maximum atomic E-state index is 13.3. The van der Waals surface area contributed by atoms with Crippen molar-refractivity contribution < 1.29 is 13.9 Å². The van der Waals surface area contributed by atoms with Crippen molar-refractivity contribution in [3.8, 4) is 0 Å². The summed E-state index contributed by atoms with van der Waals surface area (Å²) < 4.78 is 18.3. The molecule has 4 nitrogen and oxygen atoms in total. The highest BCUT2D eigenvalue weighted by Gasteiger charge is 2.35. The van der Waals surface area contributed by atoms with E-state index in [1.165, 1.54) is 19.2 Å². The van der Waals surface area contributed by atoms with Crippen LogP contribution in [0.25, 0.3) is 0 Å². The molecule has 0 amide bonds. The predicted octanol–water partition coefficient (Wildman–Crippen LogP) is 4.02. The smallest absolute Gasteiger partial charge is 0.337 e. The van der Waals surface area contributed by atoms with E-state index < -0.39 is 12.0 Å². The van der Waals surface area contributed by atoms with Gasteiger partial charge in [0.2, 0.25) is 0 Å². The van der Waals surface area contributed by atoms with Crippen LogP contribution in [0.3, 0.4) is 0 Å². The summed E-state index contributed by atoms with van der Waals surface area (Å²) in [5.74, 6) is -0.770. The molecule has 26 heavy (non-hydrogen) atoms. The number of thiocarbonyl (C=S) groups is 1. The Kier molecular flexibility index (Phi) is 5.04. The number of rotatable bonds is 3. The lowest BCUT2D eigenvalue weighted by Gasteiger charge is -2.37. The van der Waals surface area contributed by atoms with Crippen LogP contribution < -0.4 is 10.2 Å². The molecule has 134 valence electrons. The minimum Gasteiger partial charge on any atom is -0.466 e. The lowest BCUT2D eigenvalue weighted by atomic mass is 9.94. The highest BCUT2D eigenvalue weighted by atomic mass is 32.1. The number of hydrogen-bond donors (Lipinski definition) is 1. The van der Waals surface area contributed by atoms with Crippen LogP contribution in [0.1, 0.15) is 24.1 Å². The molecule has 0 saturated carbocycles. The molecular formula is C20H19FN2O2S. The van der Waals surface area contributed by atoms with Crippen molar-refractivity contribution in [2.24, 2.45) is 0 Å². The van der Waals surface area contributed by atoms with Crippen LogP contribution in [0.5, 0.6) is 0 Å². The Morgan fingerprint density at radius 1 is 1.19 bits per heavy atom. The zero-order valence-corrected chi connectivity index (χ0v) is 15.6. The van der Waals surface area contributed by atoms with Crippen LogP contribution in [0.15, 0.2) is 59.8 Å². The van der Waals surface area contributed by atoms with Gasteiger partial charge in [0.05, 0.1) is 18.7 Å². The third-order valence-electron chi connectivity index (χ3n) is 4.35. The summed E-state index contributed by atoms with van der Waals surface area (Å²) in [5, 5.41) is 3.66. The number of carbonyl (C=O) groups is 1. The number of nitrogens with zero attached hydrogens (tertiary/aromatic N) is 1. The van der Waals surface area contributed by atoms with Gasteiger partial charge in [-0.25, -0.2) is 9.18 Å². The summed E-state index contributed by atoms with van der Waals surface area (Å²) in [6, 6.07) is 13.4. The number of benzene rings is 2. The second-order valence-corrected chi connectivity index (χ2v) is 6.49. The van der Waals surface area contributed by atoms with Crippen molar-refractivity contribution >= 4 is 29.0 Å². The fourth-order valence-electron chi connectivity index (χ4n) is 3.12. The van der Waals surface area contributed by atoms with E-state index in [2.05, 4.69) is 5.32 Å². The van der Waals surface area contributed by atoms with Crippen molar-refractivity contribution in [3.05, 3.63) is 76.7 Å². The van der Waals surface area contributed by atoms with E-state index in [-0.39, 0.29) is 5.82 Å². The Hall–Kier alpha value is -2.73. The van der Waals surface area contributed by atoms with Gasteiger partial charge < -0.3 is 10.1 Å². The molecule has 0 spiro atoms. The molecular weight excluding hydrogens is 351 g/mol. The summed E-state index contributed by atoms with van der Waals surface area (Å²) in [4.78, 5) is 14.2. The van der Waals surface area contributed by atoms with Gasteiger partial charge in [-0.15, -0.1) is 0 Å². The maximum Gasteiger partial charge on any atom is 0.337 e. The van der Waals surface area contributed by atoms with E-state index in [1.54, 1.807) is 17.0 Å². The largest absolute Gasteiger partial charge is 0.466 e. The predicted molar refractivity (Wildman–Crippen MR) is 103 cm³/mol. The molecule has 0 fully saturated rings. The van der Waals surface area contributed by atoms with E-state index >= 15 is 0 Å². The van der Waals surface area contributed by atoms with Crippen molar-refractivity contribution in [1.82, 2.24) is 5.32 Å². The first-order chi connectivity index (χ1) is 12.4. The number of methoxy groups -OCH3 is 1. The van der Waals surface area contributed by atoms with Gasteiger partial charge in [-0.2, -0.15) is 0 Å². The Morgan fingerprint density at radius 2 is 1.88 bits per heavy atom. The molecule has 0 radical (unpaired) electrons. The molecule has 0 unspecified atom stereocenters. The van der Waals surface area contributed by atoms with Gasteiger partial charge in [0.25, 0.3) is 0 Å². The molecule has 1 heterocycles. The number of aryl methyl sites for hydroxylation is 1. The van der Waals surface area contributed by atoms with Gasteiger partial charge in [0, 0.05) is 11.4 Å². The van der Waals surface area contributed by atoms with Crippen molar-refractivity contribution in [1.29, 1.82) is 0 Å². The maximum absolute atomic E-state index is 13.3. The zero-order chi connectivity index (χ0) is 18.8. The fourth-order valence-corrected chi connectivity index (χ4v) is 3.48. The summed E-state index contributed by atoms with van der Waals surface area (Å²) in [5.41, 5.74) is 3.80. The van der Waals surface area contributed by atoms with Gasteiger partial charge in [0.1, 0.15) is 5.82 Å². The number of ether oxygens (including phenoxy) is 1. The minimum atomic E-state index is -0.434. The van der Waals surface area contributed by atoms with E-state index in [0.29, 0.717) is 22.1 Å². The normalized spacial score (nSPS) is 17.2. The molecule has 1 aliphatic heterocycles. The van der Waals surface area contributed by atoms with Crippen LogP contribution in [0.2, 0.25) is 0 Å². The lowest BCUT2D eigenvalue weighted by Crippen LogP contribution is -2.48. The molecule has 6 heteroatoms. The van der Waals surface area contributed by atoms with Gasteiger partial charge in [-0.05, 0) is 55.9 Å². The van der Waals surface area contributed by atoms with Crippen molar-refractivity contribution in [2.75, 3.05) is 12.0 Å². The summed E-state index contributed by atoms with van der Waals surface area (Å²) in [6.45, 7) is 3.80. The first kappa shape index (κ1) is 18.1. The molecule has 0 saturated heterocycles. The van der Waals surface area contributed by atoms with Gasteiger partial charge in [-0.1, -0.05) is 29.8 Å². The van der Waals surface area contributed by atoms with Crippen LogP contribution in [-0.2, 0) is 9.53 Å². The Bertz CT molecular complexity index is 893. The zero-order valence-electron chi connectivity index (χ0n) is 14.7. The molecule has 2 aromatic carbocycles. The molecule has 3 rings (SSSR count). The lowest BCUT2D eigenvalue weighted by molar-refractivity contribution is -0.136. The quantitative estimate of drug-likeness (QED) is 0.653. The molecule has 1 N–H and O–H groups in total. The summed E-state index contributed by atoms with van der Waals surface area (Å²) in [6.07, 6.45) is 0. The topological polar surface area (TPSA) is 41.6 Å². The second-order valence-electron chi connectivity index (χ2n) is 6.10. The molecule has 1 aliphatic rings. The molecule has 2 aromatic rings. The molecule has 0 bridgehead atoms. The molecule has 0 aliphatic carbocycles. The SMILES string of the molecule is COC(=O)C1=C(C)N(c2ccc(F)cc2)C(=S)N[C@H]1c1cccc(C)c1. The number of nitrogens with one attached hydrogen (secondary N) is 1. The summed E-state index contributed by atoms with van der Waals surface area (Å²) >= 11 is 5.54.